The van der Waals surface area contributed by atoms with Crippen molar-refractivity contribution in [2.45, 2.75) is 50.4 Å². The second-order valence-corrected chi connectivity index (χ2v) is 8.36. The van der Waals surface area contributed by atoms with E-state index < -0.39 is 5.41 Å². The van der Waals surface area contributed by atoms with Gasteiger partial charge in [0.2, 0.25) is 11.8 Å². The molecule has 31 heavy (non-hydrogen) atoms. The van der Waals surface area contributed by atoms with E-state index in [0.29, 0.717) is 30.1 Å². The van der Waals surface area contributed by atoms with Gasteiger partial charge in [0, 0.05) is 18.7 Å². The summed E-state index contributed by atoms with van der Waals surface area (Å²) in [6.45, 7) is 0.669. The molecule has 0 unspecified atom stereocenters. The van der Waals surface area contributed by atoms with Crippen molar-refractivity contribution in [2.24, 2.45) is 0 Å². The van der Waals surface area contributed by atoms with Crippen LogP contribution in [-0.2, 0) is 15.0 Å². The maximum atomic E-state index is 13.6. The number of methoxy groups -OCH3 is 2. The lowest BCUT2D eigenvalue weighted by molar-refractivity contribution is -0.122. The van der Waals surface area contributed by atoms with E-state index in [1.807, 2.05) is 42.5 Å². The standard InChI is InChI=1S/C25H30N2O4/c1-30-20-11-8-18(9-12-20)25(14-4-3-5-15-25)24(29)26-19-10-13-22(31-2)21(17-19)27-16-6-7-23(27)28/h8-13,17H,3-7,14-16H2,1-2H3,(H,26,29). The highest BCUT2D eigenvalue weighted by molar-refractivity contribution is 6.01. The van der Waals surface area contributed by atoms with E-state index in [9.17, 15) is 9.59 Å². The summed E-state index contributed by atoms with van der Waals surface area (Å²) in [7, 11) is 3.24. The lowest BCUT2D eigenvalue weighted by Gasteiger charge is -2.36. The summed E-state index contributed by atoms with van der Waals surface area (Å²) in [5, 5.41) is 3.15. The molecule has 0 bridgehead atoms. The van der Waals surface area contributed by atoms with Crippen LogP contribution in [0.3, 0.4) is 0 Å². The quantitative estimate of drug-likeness (QED) is 0.735. The molecule has 1 heterocycles. The van der Waals surface area contributed by atoms with Gasteiger partial charge >= 0.3 is 0 Å². The number of carbonyl (C=O) groups is 2. The van der Waals surface area contributed by atoms with E-state index >= 15 is 0 Å². The average molecular weight is 423 g/mol. The third-order valence-corrected chi connectivity index (χ3v) is 6.59. The topological polar surface area (TPSA) is 67.9 Å². The lowest BCUT2D eigenvalue weighted by atomic mass is 9.68. The summed E-state index contributed by atoms with van der Waals surface area (Å²) in [6.07, 6.45) is 6.21. The number of anilines is 2. The summed E-state index contributed by atoms with van der Waals surface area (Å²) in [4.78, 5) is 27.7. The van der Waals surface area contributed by atoms with Crippen molar-refractivity contribution >= 4 is 23.2 Å². The molecule has 0 radical (unpaired) electrons. The zero-order valence-corrected chi connectivity index (χ0v) is 18.3. The van der Waals surface area contributed by atoms with Crippen LogP contribution < -0.4 is 19.7 Å². The Bertz CT molecular complexity index is 948. The van der Waals surface area contributed by atoms with E-state index in [1.54, 1.807) is 19.1 Å². The van der Waals surface area contributed by atoms with Crippen molar-refractivity contribution < 1.29 is 19.1 Å². The lowest BCUT2D eigenvalue weighted by Crippen LogP contribution is -2.42. The highest BCUT2D eigenvalue weighted by Gasteiger charge is 2.41. The number of nitrogens with one attached hydrogen (secondary N) is 1. The van der Waals surface area contributed by atoms with Crippen LogP contribution in [0.2, 0.25) is 0 Å². The van der Waals surface area contributed by atoms with E-state index in [0.717, 1.165) is 49.8 Å². The van der Waals surface area contributed by atoms with Crippen LogP contribution in [0.5, 0.6) is 11.5 Å². The predicted octanol–water partition coefficient (Wildman–Crippen LogP) is 4.67. The van der Waals surface area contributed by atoms with Crippen molar-refractivity contribution in [3.8, 4) is 11.5 Å². The number of ether oxygens (including phenoxy) is 2. The molecule has 0 aromatic heterocycles. The fraction of sp³-hybridized carbons (Fsp3) is 0.440. The van der Waals surface area contributed by atoms with Crippen LogP contribution in [-0.4, -0.2) is 32.6 Å². The molecule has 1 saturated carbocycles. The Morgan fingerprint density at radius 3 is 2.32 bits per heavy atom. The molecule has 2 fully saturated rings. The number of rotatable bonds is 6. The second-order valence-electron chi connectivity index (χ2n) is 8.36. The number of hydrogen-bond acceptors (Lipinski definition) is 4. The molecule has 164 valence electrons. The summed E-state index contributed by atoms with van der Waals surface area (Å²) in [5.41, 5.74) is 1.85. The Labute approximate surface area is 183 Å². The van der Waals surface area contributed by atoms with Crippen LogP contribution in [0.15, 0.2) is 42.5 Å². The van der Waals surface area contributed by atoms with Crippen molar-refractivity contribution in [3.63, 3.8) is 0 Å². The number of nitrogens with zero attached hydrogens (tertiary/aromatic N) is 1. The second kappa shape index (κ2) is 9.00. The van der Waals surface area contributed by atoms with Crippen LogP contribution in [0.4, 0.5) is 11.4 Å². The molecule has 2 aromatic rings. The first-order valence-corrected chi connectivity index (χ1v) is 11.0. The highest BCUT2D eigenvalue weighted by Crippen LogP contribution is 2.42. The van der Waals surface area contributed by atoms with Crippen LogP contribution in [0.1, 0.15) is 50.5 Å². The van der Waals surface area contributed by atoms with Crippen molar-refractivity contribution in [1.29, 1.82) is 0 Å². The summed E-state index contributed by atoms with van der Waals surface area (Å²) < 4.78 is 10.8. The van der Waals surface area contributed by atoms with Crippen molar-refractivity contribution in [1.82, 2.24) is 0 Å². The van der Waals surface area contributed by atoms with Crippen LogP contribution in [0.25, 0.3) is 0 Å². The molecule has 6 nitrogen and oxygen atoms in total. The average Bonchev–Trinajstić information content (AvgIpc) is 3.25. The number of carbonyl (C=O) groups excluding carboxylic acids is 2. The molecule has 1 aliphatic heterocycles. The molecule has 1 N–H and O–H groups in total. The molecule has 1 aliphatic carbocycles. The molecule has 4 rings (SSSR count). The molecule has 2 amide bonds. The van der Waals surface area contributed by atoms with E-state index in [1.165, 1.54) is 0 Å². The van der Waals surface area contributed by atoms with Gasteiger partial charge in [-0.2, -0.15) is 0 Å². The van der Waals surface area contributed by atoms with Gasteiger partial charge in [-0.15, -0.1) is 0 Å². The van der Waals surface area contributed by atoms with Crippen molar-refractivity contribution in [3.05, 3.63) is 48.0 Å². The predicted molar refractivity (Wildman–Crippen MR) is 121 cm³/mol. The Balaban J connectivity index is 1.63. The fourth-order valence-corrected chi connectivity index (χ4v) is 4.84. The van der Waals surface area contributed by atoms with Gasteiger partial charge in [-0.3, -0.25) is 9.59 Å². The smallest absolute Gasteiger partial charge is 0.235 e. The van der Waals surface area contributed by atoms with Gasteiger partial charge < -0.3 is 19.7 Å². The van der Waals surface area contributed by atoms with Gasteiger partial charge in [-0.1, -0.05) is 31.4 Å². The third kappa shape index (κ3) is 4.11. The molecule has 2 aromatic carbocycles. The van der Waals surface area contributed by atoms with Gasteiger partial charge in [0.05, 0.1) is 25.3 Å². The highest BCUT2D eigenvalue weighted by atomic mass is 16.5. The zero-order chi connectivity index (χ0) is 21.8. The minimum Gasteiger partial charge on any atom is -0.497 e. The summed E-state index contributed by atoms with van der Waals surface area (Å²) in [5.74, 6) is 1.51. The normalized spacial score (nSPS) is 18.0. The maximum absolute atomic E-state index is 13.6. The molecule has 0 atom stereocenters. The van der Waals surface area contributed by atoms with Crippen LogP contribution >= 0.6 is 0 Å². The fourth-order valence-electron chi connectivity index (χ4n) is 4.84. The summed E-state index contributed by atoms with van der Waals surface area (Å²) >= 11 is 0. The van der Waals surface area contributed by atoms with Gasteiger partial charge in [-0.25, -0.2) is 0 Å². The molecule has 2 aliphatic rings. The maximum Gasteiger partial charge on any atom is 0.235 e. The van der Waals surface area contributed by atoms with Crippen LogP contribution in [0, 0.1) is 0 Å². The third-order valence-electron chi connectivity index (χ3n) is 6.59. The van der Waals surface area contributed by atoms with E-state index in [4.69, 9.17) is 9.47 Å². The van der Waals surface area contributed by atoms with Crippen molar-refractivity contribution in [2.75, 3.05) is 31.0 Å². The molecule has 0 spiro atoms. The number of benzene rings is 2. The van der Waals surface area contributed by atoms with Gasteiger partial charge in [0.15, 0.2) is 0 Å². The first-order valence-electron chi connectivity index (χ1n) is 11.0. The van der Waals surface area contributed by atoms with Gasteiger partial charge in [-0.05, 0) is 55.2 Å². The van der Waals surface area contributed by atoms with Gasteiger partial charge in [0.1, 0.15) is 11.5 Å². The Morgan fingerprint density at radius 2 is 1.71 bits per heavy atom. The monoisotopic (exact) mass is 422 g/mol. The first kappa shape index (κ1) is 21.2. The SMILES string of the molecule is COc1ccc(C2(C(=O)Nc3ccc(OC)c(N4CCCC4=O)c3)CCCCC2)cc1. The van der Waals surface area contributed by atoms with Gasteiger partial charge in [0.25, 0.3) is 0 Å². The van der Waals surface area contributed by atoms with E-state index in [2.05, 4.69) is 5.32 Å². The molecule has 1 saturated heterocycles. The minimum atomic E-state index is -0.561. The Hall–Kier alpha value is -3.02. The number of hydrogen-bond donors (Lipinski definition) is 1. The molecule has 6 heteroatoms. The Morgan fingerprint density at radius 1 is 0.968 bits per heavy atom. The Kier molecular flexibility index (Phi) is 6.16. The largest absolute Gasteiger partial charge is 0.497 e. The summed E-state index contributed by atoms with van der Waals surface area (Å²) in [6, 6.07) is 13.4. The van der Waals surface area contributed by atoms with E-state index in [-0.39, 0.29) is 11.8 Å². The zero-order valence-electron chi connectivity index (χ0n) is 18.3. The molecular formula is C25H30N2O4. The number of amides is 2. The first-order chi connectivity index (χ1) is 15.1. The minimum absolute atomic E-state index is 0.00114. The molecular weight excluding hydrogens is 392 g/mol.